The van der Waals surface area contributed by atoms with Gasteiger partial charge in [-0.3, -0.25) is 9.36 Å². The first kappa shape index (κ1) is 16.3. The van der Waals surface area contributed by atoms with E-state index < -0.39 is 0 Å². The van der Waals surface area contributed by atoms with Crippen molar-refractivity contribution in [3.05, 3.63) is 61.6 Å². The third-order valence-electron chi connectivity index (χ3n) is 3.89. The molecular formula is C17H11Cl2N3O2S. The number of aromatic hydroxyl groups is 1. The van der Waals surface area contributed by atoms with Crippen LogP contribution < -0.4 is 5.56 Å². The first-order valence-corrected chi connectivity index (χ1v) is 8.93. The predicted octanol–water partition coefficient (Wildman–Crippen LogP) is 4.38. The summed E-state index contributed by atoms with van der Waals surface area (Å²) in [6, 6.07) is 7.23. The third-order valence-corrected chi connectivity index (χ3v) is 5.41. The van der Waals surface area contributed by atoms with Gasteiger partial charge in [0.1, 0.15) is 5.52 Å². The molecule has 0 saturated carbocycles. The maximum atomic E-state index is 12.8. The molecule has 0 amide bonds. The summed E-state index contributed by atoms with van der Waals surface area (Å²) in [5.41, 5.74) is 1.67. The lowest BCUT2D eigenvalue weighted by Gasteiger charge is -2.09. The average Bonchev–Trinajstić information content (AvgIpc) is 2.93. The molecule has 0 aliphatic carbocycles. The van der Waals surface area contributed by atoms with Crippen molar-refractivity contribution in [1.29, 1.82) is 0 Å². The average molecular weight is 392 g/mol. The predicted molar refractivity (Wildman–Crippen MR) is 101 cm³/mol. The van der Waals surface area contributed by atoms with Crippen molar-refractivity contribution in [2.24, 2.45) is 0 Å². The fourth-order valence-corrected chi connectivity index (χ4v) is 4.17. The van der Waals surface area contributed by atoms with E-state index in [9.17, 15) is 9.90 Å². The van der Waals surface area contributed by atoms with Crippen LogP contribution in [0.15, 0.2) is 35.4 Å². The molecule has 1 N–H and O–H groups in total. The number of aromatic nitrogens is 3. The summed E-state index contributed by atoms with van der Waals surface area (Å²) >= 11 is 13.6. The number of rotatable bonds is 2. The number of halogens is 2. The van der Waals surface area contributed by atoms with E-state index in [2.05, 4.69) is 9.97 Å². The molecule has 4 aromatic rings. The Bertz CT molecular complexity index is 1200. The maximum absolute atomic E-state index is 12.8. The zero-order valence-corrected chi connectivity index (χ0v) is 15.3. The highest BCUT2D eigenvalue weighted by Crippen LogP contribution is 2.34. The number of phenolic OH excluding ortho intramolecular Hbond substituents is 1. The first-order valence-electron chi connectivity index (χ1n) is 7.36. The molecule has 2 heterocycles. The summed E-state index contributed by atoms with van der Waals surface area (Å²) in [5.74, 6) is -0.244. The van der Waals surface area contributed by atoms with Gasteiger partial charge in [0.05, 0.1) is 43.5 Å². The number of fused-ring (bicyclic) bond motifs is 2. The Kier molecular flexibility index (Phi) is 3.91. The molecule has 2 aromatic heterocycles. The molecule has 0 saturated heterocycles. The van der Waals surface area contributed by atoms with Crippen LogP contribution in [-0.2, 0) is 6.54 Å². The van der Waals surface area contributed by atoms with Gasteiger partial charge < -0.3 is 5.11 Å². The van der Waals surface area contributed by atoms with E-state index in [4.69, 9.17) is 23.2 Å². The summed E-state index contributed by atoms with van der Waals surface area (Å²) in [7, 11) is 0. The lowest BCUT2D eigenvalue weighted by atomic mass is 10.2. The van der Waals surface area contributed by atoms with Gasteiger partial charge in [-0.2, -0.15) is 0 Å². The molecular weight excluding hydrogens is 381 g/mol. The number of thiazole rings is 1. The fraction of sp³-hybridized carbons (Fsp3) is 0.118. The van der Waals surface area contributed by atoms with Gasteiger partial charge in [-0.05, 0) is 30.7 Å². The van der Waals surface area contributed by atoms with Crippen LogP contribution in [0.3, 0.4) is 0 Å². The van der Waals surface area contributed by atoms with Crippen molar-refractivity contribution in [2.75, 3.05) is 0 Å². The van der Waals surface area contributed by atoms with Crippen LogP contribution in [-0.4, -0.2) is 19.6 Å². The van der Waals surface area contributed by atoms with Crippen LogP contribution in [0.25, 0.3) is 21.1 Å². The summed E-state index contributed by atoms with van der Waals surface area (Å²) in [6.45, 7) is 2.30. The van der Waals surface area contributed by atoms with Crippen molar-refractivity contribution in [1.82, 2.24) is 14.5 Å². The lowest BCUT2D eigenvalue weighted by Crippen LogP contribution is -2.21. The van der Waals surface area contributed by atoms with Crippen LogP contribution in [0.4, 0.5) is 0 Å². The minimum atomic E-state index is -0.331. The van der Waals surface area contributed by atoms with E-state index in [0.29, 0.717) is 6.54 Å². The summed E-state index contributed by atoms with van der Waals surface area (Å²) < 4.78 is 2.52. The highest BCUT2D eigenvalue weighted by Gasteiger charge is 2.15. The number of hydrogen-bond donors (Lipinski definition) is 1. The number of hydrogen-bond acceptors (Lipinski definition) is 5. The Labute approximate surface area is 156 Å². The second kappa shape index (κ2) is 5.98. The summed E-state index contributed by atoms with van der Waals surface area (Å²) in [5, 5.41) is 11.4. The largest absolute Gasteiger partial charge is 0.504 e. The molecule has 0 radical (unpaired) electrons. The molecule has 25 heavy (non-hydrogen) atoms. The molecule has 2 aromatic carbocycles. The number of nitrogens with zero attached hydrogens (tertiary/aromatic N) is 3. The Balaban J connectivity index is 1.83. The Morgan fingerprint density at radius 2 is 2.04 bits per heavy atom. The van der Waals surface area contributed by atoms with Crippen LogP contribution in [0.2, 0.25) is 10.0 Å². The van der Waals surface area contributed by atoms with E-state index in [1.165, 1.54) is 17.0 Å². The molecule has 0 unspecified atom stereocenters. The monoisotopic (exact) mass is 391 g/mol. The highest BCUT2D eigenvalue weighted by atomic mass is 35.5. The van der Waals surface area contributed by atoms with Crippen molar-refractivity contribution in [2.45, 2.75) is 13.5 Å². The standard InChI is InChI=1S/C17H11Cl2N3O2S/c1-8-21-12-3-2-9(4-13(12)25-8)6-22-7-20-15-14(17(22)24)10(18)5-11(19)16(15)23/h2-5,7,23H,6H2,1H3. The first-order chi connectivity index (χ1) is 11.9. The Morgan fingerprint density at radius 1 is 1.24 bits per heavy atom. The molecule has 8 heteroatoms. The fourth-order valence-electron chi connectivity index (χ4n) is 2.74. The lowest BCUT2D eigenvalue weighted by molar-refractivity contribution is 0.480. The van der Waals surface area contributed by atoms with E-state index in [0.717, 1.165) is 20.8 Å². The highest BCUT2D eigenvalue weighted by molar-refractivity contribution is 7.18. The Hall–Kier alpha value is -2.15. The van der Waals surface area contributed by atoms with E-state index >= 15 is 0 Å². The van der Waals surface area contributed by atoms with E-state index in [1.807, 2.05) is 25.1 Å². The number of benzene rings is 2. The van der Waals surface area contributed by atoms with Gasteiger partial charge in [-0.15, -0.1) is 11.3 Å². The van der Waals surface area contributed by atoms with Crippen molar-refractivity contribution in [3.8, 4) is 5.75 Å². The molecule has 0 bridgehead atoms. The van der Waals surface area contributed by atoms with Crippen LogP contribution >= 0.6 is 34.5 Å². The number of aryl methyl sites for hydroxylation is 1. The van der Waals surface area contributed by atoms with Gasteiger partial charge in [-0.1, -0.05) is 29.3 Å². The van der Waals surface area contributed by atoms with Gasteiger partial charge in [0.2, 0.25) is 0 Å². The molecule has 5 nitrogen and oxygen atoms in total. The topological polar surface area (TPSA) is 68.0 Å². The van der Waals surface area contributed by atoms with Gasteiger partial charge in [-0.25, -0.2) is 9.97 Å². The quantitative estimate of drug-likeness (QED) is 0.550. The van der Waals surface area contributed by atoms with E-state index in [-0.39, 0.29) is 32.3 Å². The van der Waals surface area contributed by atoms with Gasteiger partial charge in [0, 0.05) is 0 Å². The zero-order chi connectivity index (χ0) is 17.7. The summed E-state index contributed by atoms with van der Waals surface area (Å²) in [4.78, 5) is 21.3. The SMILES string of the molecule is Cc1nc2ccc(Cn3cnc4c(O)c(Cl)cc(Cl)c4c3=O)cc2s1. The molecule has 0 aliphatic rings. The van der Waals surface area contributed by atoms with Crippen molar-refractivity contribution in [3.63, 3.8) is 0 Å². The molecule has 4 rings (SSSR count). The smallest absolute Gasteiger partial charge is 0.263 e. The van der Waals surface area contributed by atoms with Crippen molar-refractivity contribution >= 4 is 55.7 Å². The van der Waals surface area contributed by atoms with Gasteiger partial charge in [0.25, 0.3) is 5.56 Å². The van der Waals surface area contributed by atoms with Gasteiger partial charge >= 0.3 is 0 Å². The normalized spacial score (nSPS) is 11.5. The van der Waals surface area contributed by atoms with Crippen LogP contribution in [0, 0.1) is 6.92 Å². The second-order valence-corrected chi connectivity index (χ2v) is 7.67. The molecule has 0 aliphatic heterocycles. The molecule has 0 spiro atoms. The minimum Gasteiger partial charge on any atom is -0.504 e. The van der Waals surface area contributed by atoms with Crippen LogP contribution in [0.5, 0.6) is 5.75 Å². The number of phenols is 1. The Morgan fingerprint density at radius 3 is 2.84 bits per heavy atom. The molecule has 0 fully saturated rings. The summed E-state index contributed by atoms with van der Waals surface area (Å²) in [6.07, 6.45) is 1.39. The van der Waals surface area contributed by atoms with Gasteiger partial charge in [0.15, 0.2) is 5.75 Å². The molecule has 0 atom stereocenters. The van der Waals surface area contributed by atoms with E-state index in [1.54, 1.807) is 11.3 Å². The third kappa shape index (κ3) is 2.76. The zero-order valence-electron chi connectivity index (χ0n) is 13.0. The second-order valence-electron chi connectivity index (χ2n) is 5.63. The van der Waals surface area contributed by atoms with Crippen molar-refractivity contribution < 1.29 is 5.11 Å². The molecule has 126 valence electrons. The van der Waals surface area contributed by atoms with Crippen LogP contribution in [0.1, 0.15) is 10.6 Å². The minimum absolute atomic E-state index is 0.0631. The maximum Gasteiger partial charge on any atom is 0.263 e.